The number of hydrogen-bond donors (Lipinski definition) is 1. The topological polar surface area (TPSA) is 91.2 Å². The predicted molar refractivity (Wildman–Crippen MR) is 84.0 cm³/mol. The molecule has 3 aromatic rings. The molecular formula is C16H12ClN3O3. The Morgan fingerprint density at radius 3 is 2.74 bits per heavy atom. The van der Waals surface area contributed by atoms with Crippen molar-refractivity contribution in [3.05, 3.63) is 65.0 Å². The average Bonchev–Trinajstić information content (AvgIpc) is 3.03. The van der Waals surface area contributed by atoms with E-state index < -0.39 is 5.91 Å². The van der Waals surface area contributed by atoms with E-state index in [4.69, 9.17) is 26.6 Å². The first-order valence-corrected chi connectivity index (χ1v) is 7.11. The average molecular weight is 330 g/mol. The summed E-state index contributed by atoms with van der Waals surface area (Å²) in [6, 6.07) is 14.0. The van der Waals surface area contributed by atoms with Gasteiger partial charge in [-0.2, -0.15) is 4.98 Å². The zero-order chi connectivity index (χ0) is 16.2. The number of hydrogen-bond acceptors (Lipinski definition) is 5. The van der Waals surface area contributed by atoms with E-state index in [0.717, 1.165) is 5.56 Å². The molecule has 0 aliphatic carbocycles. The molecule has 0 unspecified atom stereocenters. The Bertz CT molecular complexity index is 834. The van der Waals surface area contributed by atoms with Crippen LogP contribution in [0.25, 0.3) is 11.4 Å². The molecule has 6 nitrogen and oxygen atoms in total. The lowest BCUT2D eigenvalue weighted by molar-refractivity contribution is 0.0995. The van der Waals surface area contributed by atoms with Crippen molar-refractivity contribution in [2.24, 2.45) is 5.73 Å². The normalized spacial score (nSPS) is 10.5. The molecule has 0 aliphatic rings. The van der Waals surface area contributed by atoms with Crippen LogP contribution in [0.4, 0.5) is 0 Å². The van der Waals surface area contributed by atoms with Gasteiger partial charge in [-0.1, -0.05) is 47.1 Å². The quantitative estimate of drug-likeness (QED) is 0.776. The molecule has 116 valence electrons. The molecule has 3 rings (SSSR count). The molecule has 2 aromatic carbocycles. The first-order chi connectivity index (χ1) is 11.1. The first-order valence-electron chi connectivity index (χ1n) is 6.73. The minimum Gasteiger partial charge on any atom is -0.483 e. The summed E-state index contributed by atoms with van der Waals surface area (Å²) < 4.78 is 10.7. The van der Waals surface area contributed by atoms with Gasteiger partial charge in [-0.05, 0) is 18.2 Å². The zero-order valence-electron chi connectivity index (χ0n) is 11.9. The zero-order valence-corrected chi connectivity index (χ0v) is 12.7. The fourth-order valence-electron chi connectivity index (χ4n) is 1.98. The van der Waals surface area contributed by atoms with Crippen molar-refractivity contribution >= 4 is 17.5 Å². The summed E-state index contributed by atoms with van der Waals surface area (Å²) in [7, 11) is 0. The largest absolute Gasteiger partial charge is 0.483 e. The van der Waals surface area contributed by atoms with Crippen molar-refractivity contribution in [3.63, 3.8) is 0 Å². The van der Waals surface area contributed by atoms with Gasteiger partial charge >= 0.3 is 0 Å². The van der Waals surface area contributed by atoms with Crippen LogP contribution in [-0.4, -0.2) is 16.0 Å². The molecule has 0 saturated heterocycles. The van der Waals surface area contributed by atoms with Crippen LogP contribution >= 0.6 is 11.6 Å². The number of carbonyl (C=O) groups excluding carboxylic acids is 1. The van der Waals surface area contributed by atoms with Gasteiger partial charge in [0.15, 0.2) is 6.61 Å². The summed E-state index contributed by atoms with van der Waals surface area (Å²) in [4.78, 5) is 15.6. The smallest absolute Gasteiger partial charge is 0.264 e. The number of halogens is 1. The van der Waals surface area contributed by atoms with Crippen molar-refractivity contribution in [2.45, 2.75) is 6.61 Å². The molecule has 2 N–H and O–H groups in total. The lowest BCUT2D eigenvalue weighted by Crippen LogP contribution is -2.13. The summed E-state index contributed by atoms with van der Waals surface area (Å²) in [6.07, 6.45) is 0. The lowest BCUT2D eigenvalue weighted by Gasteiger charge is -2.07. The van der Waals surface area contributed by atoms with E-state index >= 15 is 0 Å². The molecule has 1 heterocycles. The van der Waals surface area contributed by atoms with Crippen molar-refractivity contribution in [1.82, 2.24) is 10.1 Å². The second kappa shape index (κ2) is 6.50. The standard InChI is InChI=1S/C16H12ClN3O3/c17-11-6-7-13(12(8-11)15(18)21)22-9-14-19-16(20-23-14)10-4-2-1-3-5-10/h1-8H,9H2,(H2,18,21). The summed E-state index contributed by atoms with van der Waals surface area (Å²) in [6.45, 7) is 0.0156. The van der Waals surface area contributed by atoms with Crippen LogP contribution in [0.3, 0.4) is 0 Å². The maximum absolute atomic E-state index is 11.4. The second-order valence-corrected chi connectivity index (χ2v) is 5.11. The number of nitrogens with zero attached hydrogens (tertiary/aromatic N) is 2. The SMILES string of the molecule is NC(=O)c1cc(Cl)ccc1OCc1nc(-c2ccccc2)no1. The summed E-state index contributed by atoms with van der Waals surface area (Å²) in [5.74, 6) is 0.434. The first kappa shape index (κ1) is 15.1. The van der Waals surface area contributed by atoms with Gasteiger partial charge in [0.05, 0.1) is 5.56 Å². The maximum Gasteiger partial charge on any atom is 0.264 e. The van der Waals surface area contributed by atoms with Crippen molar-refractivity contribution in [1.29, 1.82) is 0 Å². The van der Waals surface area contributed by atoms with Crippen LogP contribution in [0.1, 0.15) is 16.2 Å². The van der Waals surface area contributed by atoms with E-state index in [1.165, 1.54) is 6.07 Å². The van der Waals surface area contributed by atoms with Crippen LogP contribution in [0.2, 0.25) is 5.02 Å². The van der Waals surface area contributed by atoms with Gasteiger partial charge in [0, 0.05) is 10.6 Å². The Labute approximate surface area is 136 Å². The van der Waals surface area contributed by atoms with Crippen LogP contribution in [-0.2, 0) is 6.61 Å². The van der Waals surface area contributed by atoms with Gasteiger partial charge < -0.3 is 15.0 Å². The number of aromatic nitrogens is 2. The summed E-state index contributed by atoms with van der Waals surface area (Å²) in [5, 5.41) is 4.29. The van der Waals surface area contributed by atoms with E-state index in [-0.39, 0.29) is 18.1 Å². The number of rotatable bonds is 5. The Hall–Kier alpha value is -2.86. The third-order valence-electron chi connectivity index (χ3n) is 3.06. The molecule has 0 spiro atoms. The number of amides is 1. The summed E-state index contributed by atoms with van der Waals surface area (Å²) >= 11 is 5.85. The summed E-state index contributed by atoms with van der Waals surface area (Å²) in [5.41, 5.74) is 6.34. The Morgan fingerprint density at radius 1 is 1.22 bits per heavy atom. The van der Waals surface area contributed by atoms with E-state index in [1.807, 2.05) is 30.3 Å². The van der Waals surface area contributed by atoms with Crippen molar-refractivity contribution in [3.8, 4) is 17.1 Å². The van der Waals surface area contributed by atoms with Crippen LogP contribution < -0.4 is 10.5 Å². The van der Waals surface area contributed by atoms with Crippen LogP contribution in [0.5, 0.6) is 5.75 Å². The van der Waals surface area contributed by atoms with Crippen LogP contribution in [0, 0.1) is 0 Å². The Balaban J connectivity index is 1.75. The van der Waals surface area contributed by atoms with Gasteiger partial charge in [-0.25, -0.2) is 0 Å². The molecule has 1 aromatic heterocycles. The minimum atomic E-state index is -0.627. The fourth-order valence-corrected chi connectivity index (χ4v) is 2.15. The highest BCUT2D eigenvalue weighted by molar-refractivity contribution is 6.31. The van der Waals surface area contributed by atoms with Crippen molar-refractivity contribution < 1.29 is 14.1 Å². The van der Waals surface area contributed by atoms with Gasteiger partial charge in [0.1, 0.15) is 5.75 Å². The number of primary amides is 1. The van der Waals surface area contributed by atoms with E-state index in [0.29, 0.717) is 16.6 Å². The second-order valence-electron chi connectivity index (χ2n) is 4.67. The van der Waals surface area contributed by atoms with Gasteiger partial charge in [0.25, 0.3) is 11.8 Å². The molecule has 0 bridgehead atoms. The molecular weight excluding hydrogens is 318 g/mol. The van der Waals surface area contributed by atoms with Gasteiger partial charge in [0.2, 0.25) is 5.82 Å². The molecule has 0 radical (unpaired) electrons. The monoisotopic (exact) mass is 329 g/mol. The molecule has 0 aliphatic heterocycles. The van der Waals surface area contributed by atoms with Gasteiger partial charge in [-0.3, -0.25) is 4.79 Å². The molecule has 0 saturated carbocycles. The van der Waals surface area contributed by atoms with Crippen molar-refractivity contribution in [2.75, 3.05) is 0 Å². The van der Waals surface area contributed by atoms with E-state index in [1.54, 1.807) is 12.1 Å². The Kier molecular flexibility index (Phi) is 4.25. The van der Waals surface area contributed by atoms with E-state index in [2.05, 4.69) is 10.1 Å². The molecule has 0 fully saturated rings. The van der Waals surface area contributed by atoms with Crippen LogP contribution in [0.15, 0.2) is 53.1 Å². The molecule has 23 heavy (non-hydrogen) atoms. The van der Waals surface area contributed by atoms with Gasteiger partial charge in [-0.15, -0.1) is 0 Å². The number of carbonyl (C=O) groups is 1. The number of nitrogens with two attached hydrogens (primary N) is 1. The maximum atomic E-state index is 11.4. The highest BCUT2D eigenvalue weighted by Gasteiger charge is 2.13. The molecule has 7 heteroatoms. The number of ether oxygens (including phenoxy) is 1. The minimum absolute atomic E-state index is 0.0156. The molecule has 1 amide bonds. The Morgan fingerprint density at radius 2 is 2.00 bits per heavy atom. The third kappa shape index (κ3) is 3.49. The number of benzene rings is 2. The van der Waals surface area contributed by atoms with E-state index in [9.17, 15) is 4.79 Å². The lowest BCUT2D eigenvalue weighted by atomic mass is 10.2. The third-order valence-corrected chi connectivity index (χ3v) is 3.29. The molecule has 0 atom stereocenters. The highest BCUT2D eigenvalue weighted by Crippen LogP contribution is 2.23. The predicted octanol–water partition coefficient (Wildman–Crippen LogP) is 3.07. The highest BCUT2D eigenvalue weighted by atomic mass is 35.5. The fraction of sp³-hybridized carbons (Fsp3) is 0.0625.